The number of carbonyl (C=O) groups is 3. The standard InChI is InChI=1S/C32H28N2O6/c1-17(2)21-11-8-18(3)14-25(21)40-32(37)29-28-27(23-12-9-19-6-4-5-7-22(19)34(23)29)30(35)33(31(28)36)20-10-13-24-26(15-20)39-16-38-24/h4-15,17,23,27-29H,16H2,1-3H3/t23-,27+,28+,29-/m0/s1. The van der Waals surface area contributed by atoms with Crippen molar-refractivity contribution in [3.8, 4) is 17.2 Å². The summed E-state index contributed by atoms with van der Waals surface area (Å²) in [6.07, 6.45) is 3.88. The summed E-state index contributed by atoms with van der Waals surface area (Å²) in [5, 5.41) is 0. The van der Waals surface area contributed by atoms with Gasteiger partial charge in [-0.2, -0.15) is 0 Å². The van der Waals surface area contributed by atoms with Gasteiger partial charge >= 0.3 is 5.97 Å². The van der Waals surface area contributed by atoms with Gasteiger partial charge in [-0.15, -0.1) is 0 Å². The van der Waals surface area contributed by atoms with Crippen molar-refractivity contribution in [1.29, 1.82) is 0 Å². The summed E-state index contributed by atoms with van der Waals surface area (Å²) in [6, 6.07) is 17.0. The van der Waals surface area contributed by atoms with E-state index in [1.807, 2.05) is 80.3 Å². The van der Waals surface area contributed by atoms with Crippen molar-refractivity contribution in [3.05, 3.63) is 83.4 Å². The number of anilines is 2. The number of hydrogen-bond donors (Lipinski definition) is 0. The fraction of sp³-hybridized carbons (Fsp3) is 0.281. The van der Waals surface area contributed by atoms with Crippen molar-refractivity contribution in [2.24, 2.45) is 11.8 Å². The van der Waals surface area contributed by atoms with E-state index in [9.17, 15) is 14.4 Å². The zero-order valence-corrected chi connectivity index (χ0v) is 22.4. The molecule has 0 bridgehead atoms. The molecule has 2 saturated heterocycles. The van der Waals surface area contributed by atoms with E-state index in [4.69, 9.17) is 14.2 Å². The smallest absolute Gasteiger partial charge is 0.335 e. The van der Waals surface area contributed by atoms with Gasteiger partial charge in [-0.25, -0.2) is 9.69 Å². The van der Waals surface area contributed by atoms with Crippen molar-refractivity contribution in [2.45, 2.75) is 38.8 Å². The minimum Gasteiger partial charge on any atom is -0.454 e. The van der Waals surface area contributed by atoms with Gasteiger partial charge in [-0.3, -0.25) is 9.59 Å². The van der Waals surface area contributed by atoms with Crippen molar-refractivity contribution in [2.75, 3.05) is 16.6 Å². The van der Waals surface area contributed by atoms with Gasteiger partial charge in [0, 0.05) is 11.8 Å². The Morgan fingerprint density at radius 3 is 2.55 bits per heavy atom. The van der Waals surface area contributed by atoms with Gasteiger partial charge in [-0.1, -0.05) is 56.3 Å². The molecule has 0 unspecified atom stereocenters. The summed E-state index contributed by atoms with van der Waals surface area (Å²) in [5.74, 6) is -1.36. The Hall–Kier alpha value is -4.59. The van der Waals surface area contributed by atoms with Crippen LogP contribution in [0.4, 0.5) is 11.4 Å². The summed E-state index contributed by atoms with van der Waals surface area (Å²) in [6.45, 7) is 6.10. The topological polar surface area (TPSA) is 85.4 Å². The van der Waals surface area contributed by atoms with Gasteiger partial charge in [0.1, 0.15) is 11.8 Å². The normalized spacial score (nSPS) is 23.9. The predicted octanol–water partition coefficient (Wildman–Crippen LogP) is 4.84. The summed E-state index contributed by atoms with van der Waals surface area (Å²) >= 11 is 0. The van der Waals surface area contributed by atoms with E-state index in [0.717, 1.165) is 22.4 Å². The van der Waals surface area contributed by atoms with Crippen LogP contribution in [0.2, 0.25) is 0 Å². The number of esters is 1. The Balaban J connectivity index is 1.31. The molecule has 2 fully saturated rings. The first kappa shape index (κ1) is 24.5. The third kappa shape index (κ3) is 3.55. The molecule has 0 N–H and O–H groups in total. The van der Waals surface area contributed by atoms with E-state index in [2.05, 4.69) is 0 Å². The number of fused-ring (bicyclic) bond motifs is 6. The Morgan fingerprint density at radius 1 is 0.950 bits per heavy atom. The Morgan fingerprint density at radius 2 is 1.73 bits per heavy atom. The molecule has 0 spiro atoms. The molecule has 3 aromatic rings. The van der Waals surface area contributed by atoms with Crippen LogP contribution in [0.3, 0.4) is 0 Å². The molecule has 3 aromatic carbocycles. The SMILES string of the molecule is Cc1ccc(C(C)C)c(OC(=O)[C@@H]2[C@@H]3C(=O)N(c4ccc5c(c4)OCO5)C(=O)[C@@H]3[C@@H]3C=Cc4ccccc4N23)c1. The van der Waals surface area contributed by atoms with E-state index in [-0.39, 0.29) is 18.6 Å². The zero-order valence-electron chi connectivity index (χ0n) is 22.4. The number of benzene rings is 3. The highest BCUT2D eigenvalue weighted by Gasteiger charge is 2.65. The first-order valence-electron chi connectivity index (χ1n) is 13.5. The number of ether oxygens (including phenoxy) is 3. The summed E-state index contributed by atoms with van der Waals surface area (Å²) < 4.78 is 17.0. The van der Waals surface area contributed by atoms with Gasteiger partial charge in [-0.05, 0) is 53.8 Å². The van der Waals surface area contributed by atoms with Gasteiger partial charge in [0.15, 0.2) is 11.5 Å². The molecule has 8 heteroatoms. The average molecular weight is 537 g/mol. The van der Waals surface area contributed by atoms with Crippen LogP contribution >= 0.6 is 0 Å². The van der Waals surface area contributed by atoms with Gasteiger partial charge in [0.25, 0.3) is 0 Å². The van der Waals surface area contributed by atoms with Crippen molar-refractivity contribution in [1.82, 2.24) is 0 Å². The molecule has 0 aromatic heterocycles. The molecule has 0 radical (unpaired) electrons. The van der Waals surface area contributed by atoms with Crippen molar-refractivity contribution >= 4 is 35.2 Å². The number of aryl methyl sites for hydroxylation is 1. The molecule has 202 valence electrons. The number of amides is 2. The average Bonchev–Trinajstić information content (AvgIpc) is 3.61. The second-order valence-electron chi connectivity index (χ2n) is 11.0. The maximum Gasteiger partial charge on any atom is 0.335 e. The maximum atomic E-state index is 14.2. The lowest BCUT2D eigenvalue weighted by Crippen LogP contribution is -2.50. The van der Waals surface area contributed by atoms with E-state index in [1.54, 1.807) is 18.2 Å². The maximum absolute atomic E-state index is 14.2. The molecular formula is C32H28N2O6. The van der Waals surface area contributed by atoms with Crippen LogP contribution in [0.5, 0.6) is 17.2 Å². The lowest BCUT2D eigenvalue weighted by molar-refractivity contribution is -0.139. The monoisotopic (exact) mass is 536 g/mol. The zero-order chi connectivity index (χ0) is 27.7. The quantitative estimate of drug-likeness (QED) is 0.268. The Labute approximate surface area is 231 Å². The second kappa shape index (κ2) is 8.98. The van der Waals surface area contributed by atoms with E-state index >= 15 is 0 Å². The summed E-state index contributed by atoms with van der Waals surface area (Å²) in [5.41, 5.74) is 3.98. The fourth-order valence-corrected chi connectivity index (χ4v) is 6.44. The molecule has 4 heterocycles. The minimum atomic E-state index is -0.989. The van der Waals surface area contributed by atoms with E-state index < -0.39 is 35.8 Å². The number of nitrogens with zero attached hydrogens (tertiary/aromatic N) is 2. The third-order valence-electron chi connectivity index (χ3n) is 8.27. The first-order chi connectivity index (χ1) is 19.3. The molecule has 0 saturated carbocycles. The number of carbonyl (C=O) groups excluding carboxylic acids is 3. The van der Waals surface area contributed by atoms with Crippen LogP contribution in [0.15, 0.2) is 66.7 Å². The van der Waals surface area contributed by atoms with Crippen LogP contribution in [0.1, 0.15) is 36.5 Å². The Kier molecular flexibility index (Phi) is 5.49. The first-order valence-corrected chi connectivity index (χ1v) is 13.5. The highest BCUT2D eigenvalue weighted by molar-refractivity contribution is 6.24. The molecule has 4 atom stereocenters. The summed E-state index contributed by atoms with van der Waals surface area (Å²) in [7, 11) is 0. The molecule has 40 heavy (non-hydrogen) atoms. The highest BCUT2D eigenvalue weighted by atomic mass is 16.7. The molecule has 4 aliphatic rings. The van der Waals surface area contributed by atoms with E-state index in [0.29, 0.717) is 22.9 Å². The van der Waals surface area contributed by atoms with Crippen LogP contribution in [-0.2, 0) is 14.4 Å². The van der Waals surface area contributed by atoms with E-state index in [1.165, 1.54) is 4.90 Å². The molecular weight excluding hydrogens is 508 g/mol. The number of imide groups is 1. The lowest BCUT2D eigenvalue weighted by Gasteiger charge is -2.36. The second-order valence-corrected chi connectivity index (χ2v) is 11.0. The van der Waals surface area contributed by atoms with Crippen LogP contribution < -0.4 is 24.0 Å². The largest absolute Gasteiger partial charge is 0.454 e. The van der Waals surface area contributed by atoms with Gasteiger partial charge in [0.2, 0.25) is 18.6 Å². The Bertz CT molecular complexity index is 1610. The minimum absolute atomic E-state index is 0.0818. The van der Waals surface area contributed by atoms with Gasteiger partial charge in [0.05, 0.1) is 23.6 Å². The van der Waals surface area contributed by atoms with Crippen molar-refractivity contribution < 1.29 is 28.6 Å². The van der Waals surface area contributed by atoms with Crippen molar-refractivity contribution in [3.63, 3.8) is 0 Å². The van der Waals surface area contributed by atoms with Crippen LogP contribution in [0, 0.1) is 18.8 Å². The predicted molar refractivity (Wildman–Crippen MR) is 148 cm³/mol. The highest BCUT2D eigenvalue weighted by Crippen LogP contribution is 2.50. The lowest BCUT2D eigenvalue weighted by atomic mass is 9.88. The fourth-order valence-electron chi connectivity index (χ4n) is 6.44. The molecule has 2 amide bonds. The molecule has 4 aliphatic heterocycles. The molecule has 7 rings (SSSR count). The van der Waals surface area contributed by atoms with Crippen LogP contribution in [-0.4, -0.2) is 36.7 Å². The van der Waals surface area contributed by atoms with Gasteiger partial charge < -0.3 is 19.1 Å². The number of para-hydroxylation sites is 1. The number of hydrogen-bond acceptors (Lipinski definition) is 7. The molecule has 8 nitrogen and oxygen atoms in total. The molecule has 0 aliphatic carbocycles. The number of rotatable bonds is 4. The summed E-state index contributed by atoms with van der Waals surface area (Å²) in [4.78, 5) is 45.4. The van der Waals surface area contributed by atoms with Crippen LogP contribution in [0.25, 0.3) is 6.08 Å². The third-order valence-corrected chi connectivity index (χ3v) is 8.27.